The highest BCUT2D eigenvalue weighted by Gasteiger charge is 2.30. The normalized spacial score (nSPS) is 12.4. The van der Waals surface area contributed by atoms with Crippen LogP contribution in [-0.2, 0) is 0 Å². The second-order valence-electron chi connectivity index (χ2n) is 16.5. The predicted octanol–water partition coefficient (Wildman–Crippen LogP) is 11.2. The van der Waals surface area contributed by atoms with E-state index in [1.165, 1.54) is 12.4 Å². The number of benzene rings is 6. The van der Waals surface area contributed by atoms with Crippen molar-refractivity contribution in [1.29, 1.82) is 0 Å². The van der Waals surface area contributed by atoms with Gasteiger partial charge in [0.05, 0.1) is 46.2 Å². The van der Waals surface area contributed by atoms with Crippen molar-refractivity contribution in [3.8, 4) is 45.6 Å². The molecule has 0 amide bonds. The van der Waals surface area contributed by atoms with Crippen molar-refractivity contribution in [2.45, 2.75) is 81.1 Å². The average molecular weight is 805 g/mol. The molecule has 8 N–H and O–H groups in total. The Kier molecular flexibility index (Phi) is 9.49. The molecule has 0 spiro atoms. The summed E-state index contributed by atoms with van der Waals surface area (Å²) >= 11 is 0. The number of aromatic amines is 2. The molecule has 12 nitrogen and oxygen atoms in total. The van der Waals surface area contributed by atoms with Gasteiger partial charge in [-0.25, -0.2) is 9.97 Å². The van der Waals surface area contributed by atoms with Crippen molar-refractivity contribution >= 4 is 67.4 Å². The number of nitrogens with one attached hydrogen (secondary N) is 2. The van der Waals surface area contributed by atoms with Crippen molar-refractivity contribution in [3.63, 3.8) is 0 Å². The van der Waals surface area contributed by atoms with Gasteiger partial charge in [-0.2, -0.15) is 0 Å². The van der Waals surface area contributed by atoms with Crippen molar-refractivity contribution < 1.29 is 30.6 Å². The molecule has 0 fully saturated rings. The number of imidazole rings is 2. The van der Waals surface area contributed by atoms with Gasteiger partial charge in [-0.1, -0.05) is 39.8 Å². The van der Waals surface area contributed by atoms with Crippen LogP contribution in [0.5, 0.6) is 34.5 Å². The number of aliphatic imine (C=N–C) groups is 2. The van der Waals surface area contributed by atoms with E-state index in [9.17, 15) is 30.6 Å². The molecule has 0 radical (unpaired) electrons. The quantitative estimate of drug-likeness (QED) is 0.0573. The van der Waals surface area contributed by atoms with E-state index in [1.807, 2.05) is 79.7 Å². The maximum atomic E-state index is 12.6. The Hall–Kier alpha value is -7.08. The van der Waals surface area contributed by atoms with Crippen LogP contribution in [0.3, 0.4) is 0 Å². The van der Waals surface area contributed by atoms with Crippen LogP contribution in [0, 0.1) is 41.5 Å². The molecule has 0 atom stereocenters. The summed E-state index contributed by atoms with van der Waals surface area (Å²) in [5.74, 6) is -2.60. The summed E-state index contributed by atoms with van der Waals surface area (Å²) in [6, 6.07) is 7.62. The van der Waals surface area contributed by atoms with E-state index in [1.54, 1.807) is 26.5 Å². The number of fused-ring (bicyclic) bond motifs is 4. The summed E-state index contributed by atoms with van der Waals surface area (Å²) in [5, 5.41) is 73.2. The first kappa shape index (κ1) is 39.7. The molecule has 8 aromatic rings. The maximum absolute atomic E-state index is 12.6. The Morgan fingerprint density at radius 2 is 0.867 bits per heavy atom. The van der Waals surface area contributed by atoms with Gasteiger partial charge in [-0.05, 0) is 110 Å². The van der Waals surface area contributed by atoms with E-state index >= 15 is 0 Å². The molecule has 0 saturated heterocycles. The number of H-pyrrole nitrogens is 2. The van der Waals surface area contributed by atoms with E-state index in [0.717, 1.165) is 33.3 Å². The zero-order valence-corrected chi connectivity index (χ0v) is 35.2. The van der Waals surface area contributed by atoms with Crippen LogP contribution in [0.25, 0.3) is 54.7 Å². The first-order valence-corrected chi connectivity index (χ1v) is 19.9. The molecule has 6 aromatic carbocycles. The summed E-state index contributed by atoms with van der Waals surface area (Å²) < 4.78 is 0. The Morgan fingerprint density at radius 1 is 0.500 bits per heavy atom. The van der Waals surface area contributed by atoms with Crippen LogP contribution in [0.1, 0.15) is 95.2 Å². The molecule has 0 bridgehead atoms. The largest absolute Gasteiger partial charge is 0.507 e. The van der Waals surface area contributed by atoms with E-state index in [4.69, 9.17) is 9.98 Å². The third-order valence-electron chi connectivity index (χ3n) is 12.0. The van der Waals surface area contributed by atoms with Crippen molar-refractivity contribution in [2.24, 2.45) is 9.98 Å². The standard InChI is InChI=1S/C48H48N6O6/c1-19(2)33-27-11-23(7)35(45(57)37(27)29(43(55)47(33)59)15-49-39-25(9)21(5)13-31-41(39)53-17-51-31)36-24(8)12-28-34(20(3)4)48(60)44(56)30(38(28)46(36)58)16-50-40-26(10)22(6)14-32-42(40)54-18-52-32/h11-20,55-60H,1-10H3,(H,51,53)(H,52,54). The first-order valence-electron chi connectivity index (χ1n) is 19.9. The lowest BCUT2D eigenvalue weighted by Gasteiger charge is -2.23. The first-order chi connectivity index (χ1) is 28.4. The van der Waals surface area contributed by atoms with Crippen molar-refractivity contribution in [1.82, 2.24) is 19.9 Å². The van der Waals surface area contributed by atoms with Gasteiger partial charge in [0, 0.05) is 45.5 Å². The molecule has 2 heterocycles. The number of nitrogens with zero attached hydrogens (tertiary/aromatic N) is 4. The van der Waals surface area contributed by atoms with Crippen molar-refractivity contribution in [2.75, 3.05) is 0 Å². The smallest absolute Gasteiger partial charge is 0.167 e. The van der Waals surface area contributed by atoms with Gasteiger partial charge in [-0.3, -0.25) is 9.98 Å². The molecule has 12 heteroatoms. The van der Waals surface area contributed by atoms with Crippen LogP contribution < -0.4 is 0 Å². The second kappa shape index (κ2) is 14.3. The summed E-state index contributed by atoms with van der Waals surface area (Å²) in [6.45, 7) is 18.9. The van der Waals surface area contributed by atoms with Crippen LogP contribution in [-0.4, -0.2) is 63.0 Å². The number of aromatic hydroxyl groups is 6. The fourth-order valence-electron chi connectivity index (χ4n) is 8.78. The van der Waals surface area contributed by atoms with E-state index in [0.29, 0.717) is 55.4 Å². The lowest BCUT2D eigenvalue weighted by atomic mass is 9.83. The van der Waals surface area contributed by atoms with Crippen LogP contribution in [0.2, 0.25) is 0 Å². The average Bonchev–Trinajstić information content (AvgIpc) is 3.85. The van der Waals surface area contributed by atoms with Gasteiger partial charge in [0.2, 0.25) is 0 Å². The van der Waals surface area contributed by atoms with E-state index < -0.39 is 11.5 Å². The minimum atomic E-state index is -0.457. The molecule has 0 aliphatic carbocycles. The lowest BCUT2D eigenvalue weighted by Crippen LogP contribution is -2.01. The molecule has 0 saturated carbocycles. The summed E-state index contributed by atoms with van der Waals surface area (Å²) in [7, 11) is 0. The maximum Gasteiger partial charge on any atom is 0.167 e. The van der Waals surface area contributed by atoms with E-state index in [-0.39, 0.29) is 67.9 Å². The highest BCUT2D eigenvalue weighted by Crippen LogP contribution is 2.54. The number of rotatable bonds is 7. The zero-order valence-electron chi connectivity index (χ0n) is 35.2. The van der Waals surface area contributed by atoms with Gasteiger partial charge in [0.25, 0.3) is 0 Å². The van der Waals surface area contributed by atoms with Crippen LogP contribution in [0.4, 0.5) is 11.4 Å². The summed E-state index contributed by atoms with van der Waals surface area (Å²) in [4.78, 5) is 24.9. The number of aryl methyl sites for hydroxylation is 4. The third-order valence-corrected chi connectivity index (χ3v) is 12.0. The highest BCUT2D eigenvalue weighted by molar-refractivity contribution is 6.16. The van der Waals surface area contributed by atoms with E-state index in [2.05, 4.69) is 19.9 Å². The summed E-state index contributed by atoms with van der Waals surface area (Å²) in [6.07, 6.45) is 6.03. The molecule has 0 aliphatic heterocycles. The third kappa shape index (κ3) is 5.88. The Labute approximate surface area is 346 Å². The molecule has 60 heavy (non-hydrogen) atoms. The number of hydrogen-bond donors (Lipinski definition) is 8. The zero-order chi connectivity index (χ0) is 43.2. The lowest BCUT2D eigenvalue weighted by molar-refractivity contribution is 0.398. The minimum Gasteiger partial charge on any atom is -0.507 e. The second-order valence-corrected chi connectivity index (χ2v) is 16.5. The fraction of sp³-hybridized carbons (Fsp3) is 0.250. The van der Waals surface area contributed by atoms with Gasteiger partial charge < -0.3 is 40.6 Å². The highest BCUT2D eigenvalue weighted by atomic mass is 16.3. The number of aromatic nitrogens is 4. The van der Waals surface area contributed by atoms with Gasteiger partial charge in [-0.15, -0.1) is 0 Å². The molecule has 306 valence electrons. The topological polar surface area (TPSA) is 203 Å². The monoisotopic (exact) mass is 804 g/mol. The fourth-order valence-corrected chi connectivity index (χ4v) is 8.78. The number of phenols is 6. The molecule has 0 aliphatic rings. The molecule has 0 unspecified atom stereocenters. The number of hydrogen-bond acceptors (Lipinski definition) is 10. The summed E-state index contributed by atoms with van der Waals surface area (Å²) in [5.41, 5.74) is 10.3. The Balaban J connectivity index is 1.45. The Bertz CT molecular complexity index is 2970. The molecule has 2 aromatic heterocycles. The molecule has 8 rings (SSSR count). The predicted molar refractivity (Wildman–Crippen MR) is 240 cm³/mol. The Morgan fingerprint density at radius 3 is 1.22 bits per heavy atom. The van der Waals surface area contributed by atoms with Crippen LogP contribution in [0.15, 0.2) is 46.9 Å². The van der Waals surface area contributed by atoms with Crippen molar-refractivity contribution in [3.05, 3.63) is 92.6 Å². The number of phenolic OH excluding ortho intramolecular Hbond substituents is 6. The van der Waals surface area contributed by atoms with Gasteiger partial charge >= 0.3 is 0 Å². The van der Waals surface area contributed by atoms with Gasteiger partial charge in [0.15, 0.2) is 23.0 Å². The van der Waals surface area contributed by atoms with Crippen LogP contribution >= 0.6 is 0 Å². The SMILES string of the molecule is Cc1cc2[nH]cnc2c(N=Cc2c(O)c(O)c(C(C)C)c3cc(C)c(-c4c(C)cc5c(C(C)C)c(O)c(O)c(C=Nc6c(C)c(C)cc7[nH]cnc67)c5c4O)c(O)c23)c1C. The minimum absolute atomic E-state index is 0.0730. The molecular formula is C48H48N6O6. The molecular weight excluding hydrogens is 757 g/mol. The van der Waals surface area contributed by atoms with Gasteiger partial charge in [0.1, 0.15) is 22.5 Å².